The van der Waals surface area contributed by atoms with E-state index in [1.165, 1.54) is 0 Å². The number of aryl methyl sites for hydroxylation is 1. The van der Waals surface area contributed by atoms with Crippen molar-refractivity contribution in [1.29, 1.82) is 5.26 Å². The Morgan fingerprint density at radius 3 is 2.83 bits per heavy atom. The molecule has 94 valence electrons. The summed E-state index contributed by atoms with van der Waals surface area (Å²) in [7, 11) is 0. The van der Waals surface area contributed by atoms with E-state index in [0.29, 0.717) is 24.7 Å². The number of rotatable bonds is 5. The molecule has 5 nitrogen and oxygen atoms in total. The van der Waals surface area contributed by atoms with Gasteiger partial charge in [0.15, 0.2) is 0 Å². The fourth-order valence-corrected chi connectivity index (χ4v) is 2.08. The van der Waals surface area contributed by atoms with Crippen LogP contribution in [0.3, 0.4) is 0 Å². The highest BCUT2D eigenvalue weighted by atomic mass is 16.6. The number of hydrogen-bond acceptors (Lipinski definition) is 4. The average Bonchev–Trinajstić information content (AvgIpc) is 3.15. The second kappa shape index (κ2) is 5.05. The zero-order valence-corrected chi connectivity index (χ0v) is 10.3. The predicted molar refractivity (Wildman–Crippen MR) is 68.4 cm³/mol. The summed E-state index contributed by atoms with van der Waals surface area (Å²) < 4.78 is 0. The van der Waals surface area contributed by atoms with Crippen LogP contribution in [0.15, 0.2) is 18.2 Å². The first-order valence-electron chi connectivity index (χ1n) is 6.02. The first-order chi connectivity index (χ1) is 8.63. The van der Waals surface area contributed by atoms with Gasteiger partial charge in [0.1, 0.15) is 5.69 Å². The second-order valence-corrected chi connectivity index (χ2v) is 4.58. The average molecular weight is 245 g/mol. The monoisotopic (exact) mass is 245 g/mol. The van der Waals surface area contributed by atoms with E-state index in [1.54, 1.807) is 12.1 Å². The summed E-state index contributed by atoms with van der Waals surface area (Å²) in [6.07, 6.45) is 2.49. The highest BCUT2D eigenvalue weighted by Gasteiger charge is 2.32. The summed E-state index contributed by atoms with van der Waals surface area (Å²) in [5, 5.41) is 19.8. The highest BCUT2D eigenvalue weighted by molar-refractivity contribution is 5.65. The smallest absolute Gasteiger partial charge is 0.292 e. The normalized spacial score (nSPS) is 14.0. The lowest BCUT2D eigenvalue weighted by Gasteiger charge is -2.23. The maximum absolute atomic E-state index is 11.1. The van der Waals surface area contributed by atoms with Gasteiger partial charge >= 0.3 is 0 Å². The molecular weight excluding hydrogens is 230 g/mol. The van der Waals surface area contributed by atoms with E-state index in [0.717, 1.165) is 18.4 Å². The van der Waals surface area contributed by atoms with Crippen molar-refractivity contribution in [2.75, 3.05) is 11.4 Å². The highest BCUT2D eigenvalue weighted by Crippen LogP contribution is 2.37. The van der Waals surface area contributed by atoms with Gasteiger partial charge in [-0.2, -0.15) is 5.26 Å². The van der Waals surface area contributed by atoms with E-state index < -0.39 is 0 Å². The number of anilines is 1. The number of nitrogens with zero attached hydrogens (tertiary/aromatic N) is 3. The molecule has 0 heterocycles. The minimum atomic E-state index is -0.343. The number of nitro groups is 1. The van der Waals surface area contributed by atoms with Crippen molar-refractivity contribution in [3.05, 3.63) is 33.9 Å². The maximum Gasteiger partial charge on any atom is 0.292 e. The maximum atomic E-state index is 11.1. The Balaban J connectivity index is 2.34. The van der Waals surface area contributed by atoms with Gasteiger partial charge in [0, 0.05) is 18.7 Å². The fourth-order valence-electron chi connectivity index (χ4n) is 2.08. The van der Waals surface area contributed by atoms with Crippen LogP contribution in [0.25, 0.3) is 0 Å². The zero-order chi connectivity index (χ0) is 13.1. The van der Waals surface area contributed by atoms with E-state index in [-0.39, 0.29) is 10.6 Å². The lowest BCUT2D eigenvalue weighted by atomic mass is 10.1. The fraction of sp³-hybridized carbons (Fsp3) is 0.462. The van der Waals surface area contributed by atoms with Crippen LogP contribution < -0.4 is 4.90 Å². The van der Waals surface area contributed by atoms with Crippen LogP contribution in [0.4, 0.5) is 11.4 Å². The molecule has 0 spiro atoms. The quantitative estimate of drug-likeness (QED) is 0.590. The Labute approximate surface area is 106 Å². The molecule has 1 aliphatic rings. The van der Waals surface area contributed by atoms with Crippen molar-refractivity contribution in [2.24, 2.45) is 0 Å². The molecular formula is C13H15N3O2. The van der Waals surface area contributed by atoms with E-state index in [2.05, 4.69) is 6.07 Å². The van der Waals surface area contributed by atoms with Crippen LogP contribution in [-0.2, 0) is 0 Å². The van der Waals surface area contributed by atoms with Crippen molar-refractivity contribution in [3.63, 3.8) is 0 Å². The third-order valence-corrected chi connectivity index (χ3v) is 3.09. The van der Waals surface area contributed by atoms with Crippen molar-refractivity contribution in [3.8, 4) is 6.07 Å². The molecule has 1 aromatic carbocycles. The summed E-state index contributed by atoms with van der Waals surface area (Å²) in [4.78, 5) is 12.8. The van der Waals surface area contributed by atoms with Crippen LogP contribution in [0.2, 0.25) is 0 Å². The van der Waals surface area contributed by atoms with Gasteiger partial charge < -0.3 is 4.90 Å². The molecule has 5 heteroatoms. The molecule has 0 bridgehead atoms. The van der Waals surface area contributed by atoms with E-state index in [1.807, 2.05) is 17.9 Å². The number of hydrogen-bond donors (Lipinski definition) is 0. The Morgan fingerprint density at radius 1 is 1.56 bits per heavy atom. The Hall–Kier alpha value is -2.09. The molecule has 0 radical (unpaired) electrons. The topological polar surface area (TPSA) is 70.2 Å². The molecule has 0 aliphatic heterocycles. The molecule has 1 aliphatic carbocycles. The molecule has 0 unspecified atom stereocenters. The standard InChI is InChI=1S/C13H15N3O2/c1-10-3-6-12(13(9-10)16(17)18)15(8-2-7-14)11-4-5-11/h3,6,9,11H,2,4-5,8H2,1H3. The minimum absolute atomic E-state index is 0.139. The molecule has 2 rings (SSSR count). The van der Waals surface area contributed by atoms with E-state index in [4.69, 9.17) is 5.26 Å². The van der Waals surface area contributed by atoms with Crippen molar-refractivity contribution < 1.29 is 4.92 Å². The summed E-state index contributed by atoms with van der Waals surface area (Å²) in [5.41, 5.74) is 1.66. The van der Waals surface area contributed by atoms with E-state index >= 15 is 0 Å². The molecule has 1 aromatic rings. The lowest BCUT2D eigenvalue weighted by molar-refractivity contribution is -0.384. The summed E-state index contributed by atoms with van der Waals surface area (Å²) in [6.45, 7) is 2.40. The number of nitro benzene ring substituents is 1. The zero-order valence-electron chi connectivity index (χ0n) is 10.3. The van der Waals surface area contributed by atoms with Crippen LogP contribution in [0.1, 0.15) is 24.8 Å². The molecule has 0 atom stereocenters. The van der Waals surface area contributed by atoms with Crippen LogP contribution in [-0.4, -0.2) is 17.5 Å². The van der Waals surface area contributed by atoms with Gasteiger partial charge in [-0.25, -0.2) is 0 Å². The summed E-state index contributed by atoms with van der Waals surface area (Å²) in [5.74, 6) is 0. The summed E-state index contributed by atoms with van der Waals surface area (Å²) >= 11 is 0. The third-order valence-electron chi connectivity index (χ3n) is 3.09. The van der Waals surface area contributed by atoms with Crippen molar-refractivity contribution >= 4 is 11.4 Å². The van der Waals surface area contributed by atoms with Crippen LogP contribution in [0, 0.1) is 28.4 Å². The summed E-state index contributed by atoms with van der Waals surface area (Å²) in [6, 6.07) is 7.73. The molecule has 0 amide bonds. The first-order valence-corrected chi connectivity index (χ1v) is 6.02. The molecule has 1 fully saturated rings. The van der Waals surface area contributed by atoms with Crippen LogP contribution >= 0.6 is 0 Å². The van der Waals surface area contributed by atoms with E-state index in [9.17, 15) is 10.1 Å². The lowest BCUT2D eigenvalue weighted by Crippen LogP contribution is -2.27. The van der Waals surface area contributed by atoms with Gasteiger partial charge in [-0.15, -0.1) is 0 Å². The predicted octanol–water partition coefficient (Wildman–Crippen LogP) is 2.79. The number of nitriles is 1. The first kappa shape index (κ1) is 12.4. The Bertz CT molecular complexity index is 503. The molecule has 1 saturated carbocycles. The Morgan fingerprint density at radius 2 is 2.28 bits per heavy atom. The van der Waals surface area contributed by atoms with Gasteiger partial charge in [-0.05, 0) is 31.4 Å². The van der Waals surface area contributed by atoms with Gasteiger partial charge in [0.2, 0.25) is 0 Å². The van der Waals surface area contributed by atoms with Gasteiger partial charge in [0.05, 0.1) is 17.4 Å². The second-order valence-electron chi connectivity index (χ2n) is 4.58. The molecule has 0 N–H and O–H groups in total. The van der Waals surface area contributed by atoms with Gasteiger partial charge in [-0.3, -0.25) is 10.1 Å². The number of benzene rings is 1. The Kier molecular flexibility index (Phi) is 3.47. The SMILES string of the molecule is Cc1ccc(N(CCC#N)C2CC2)c([N+](=O)[O-])c1. The largest absolute Gasteiger partial charge is 0.362 e. The van der Waals surface area contributed by atoms with Gasteiger partial charge in [-0.1, -0.05) is 6.07 Å². The molecule has 0 aromatic heterocycles. The van der Waals surface area contributed by atoms with Gasteiger partial charge in [0.25, 0.3) is 5.69 Å². The van der Waals surface area contributed by atoms with Crippen LogP contribution in [0.5, 0.6) is 0 Å². The van der Waals surface area contributed by atoms with Crippen molar-refractivity contribution in [2.45, 2.75) is 32.2 Å². The minimum Gasteiger partial charge on any atom is -0.362 e. The van der Waals surface area contributed by atoms with Crippen molar-refractivity contribution in [1.82, 2.24) is 0 Å². The molecule has 0 saturated heterocycles. The third kappa shape index (κ3) is 2.59. The molecule has 18 heavy (non-hydrogen) atoms.